The van der Waals surface area contributed by atoms with Gasteiger partial charge in [0.1, 0.15) is 17.2 Å². The van der Waals surface area contributed by atoms with Crippen LogP contribution in [0.15, 0.2) is 36.4 Å². The van der Waals surface area contributed by atoms with Crippen LogP contribution < -0.4 is 14.8 Å². The molecule has 1 aliphatic carbocycles. The molecule has 1 aliphatic rings. The van der Waals surface area contributed by atoms with Crippen molar-refractivity contribution in [3.05, 3.63) is 47.5 Å². The molecule has 116 valence electrons. The van der Waals surface area contributed by atoms with E-state index in [-0.39, 0.29) is 5.75 Å². The van der Waals surface area contributed by atoms with E-state index in [9.17, 15) is 5.11 Å². The molecule has 0 fully saturated rings. The standard InChI is InChI=1S/C18H21NO3/c1-21-17-9-10-18(22-2)16-11-13(5-8-15(16)17)19-12-3-6-14(20)7-4-12/h3-4,6-7,9-10,13,19-20H,5,8,11H2,1-2H3/t13-/m0/s1. The zero-order chi connectivity index (χ0) is 15.5. The molecule has 22 heavy (non-hydrogen) atoms. The molecule has 2 N–H and O–H groups in total. The summed E-state index contributed by atoms with van der Waals surface area (Å²) in [5.41, 5.74) is 3.50. The topological polar surface area (TPSA) is 50.7 Å². The van der Waals surface area contributed by atoms with E-state index in [1.54, 1.807) is 26.4 Å². The zero-order valence-electron chi connectivity index (χ0n) is 12.9. The fraction of sp³-hybridized carbons (Fsp3) is 0.333. The molecule has 0 saturated heterocycles. The van der Waals surface area contributed by atoms with Gasteiger partial charge in [0.15, 0.2) is 0 Å². The van der Waals surface area contributed by atoms with Crippen molar-refractivity contribution in [2.75, 3.05) is 19.5 Å². The van der Waals surface area contributed by atoms with Gasteiger partial charge in [-0.25, -0.2) is 0 Å². The van der Waals surface area contributed by atoms with E-state index in [4.69, 9.17) is 9.47 Å². The summed E-state index contributed by atoms with van der Waals surface area (Å²) in [4.78, 5) is 0. The highest BCUT2D eigenvalue weighted by molar-refractivity contribution is 5.53. The van der Waals surface area contributed by atoms with Gasteiger partial charge in [-0.3, -0.25) is 0 Å². The Hall–Kier alpha value is -2.36. The molecule has 0 amide bonds. The largest absolute Gasteiger partial charge is 0.508 e. The fourth-order valence-corrected chi connectivity index (χ4v) is 3.11. The number of phenols is 1. The normalized spacial score (nSPS) is 16.7. The molecule has 0 aliphatic heterocycles. The number of aromatic hydroxyl groups is 1. The maximum atomic E-state index is 9.36. The Balaban J connectivity index is 1.82. The van der Waals surface area contributed by atoms with Crippen LogP contribution in [0.3, 0.4) is 0 Å². The van der Waals surface area contributed by atoms with Crippen LogP contribution in [-0.2, 0) is 12.8 Å². The number of phenolic OH excluding ortho intramolecular Hbond substituents is 1. The number of rotatable bonds is 4. The third kappa shape index (κ3) is 2.82. The number of hydrogen-bond acceptors (Lipinski definition) is 4. The molecule has 2 aromatic rings. The summed E-state index contributed by atoms with van der Waals surface area (Å²) in [7, 11) is 3.42. The predicted molar refractivity (Wildman–Crippen MR) is 87.1 cm³/mol. The highest BCUT2D eigenvalue weighted by Crippen LogP contribution is 2.36. The fourth-order valence-electron chi connectivity index (χ4n) is 3.11. The second kappa shape index (κ2) is 6.18. The Morgan fingerprint density at radius 1 is 0.955 bits per heavy atom. The van der Waals surface area contributed by atoms with Gasteiger partial charge >= 0.3 is 0 Å². The summed E-state index contributed by atoms with van der Waals surface area (Å²) in [6, 6.07) is 11.5. The van der Waals surface area contributed by atoms with Crippen LogP contribution in [0.1, 0.15) is 17.5 Å². The first-order valence-electron chi connectivity index (χ1n) is 7.49. The van der Waals surface area contributed by atoms with E-state index in [1.807, 2.05) is 24.3 Å². The van der Waals surface area contributed by atoms with Crippen LogP contribution >= 0.6 is 0 Å². The molecule has 0 bridgehead atoms. The molecule has 0 radical (unpaired) electrons. The molecule has 4 heteroatoms. The van der Waals surface area contributed by atoms with Gasteiger partial charge in [-0.05, 0) is 55.7 Å². The second-order valence-corrected chi connectivity index (χ2v) is 5.56. The van der Waals surface area contributed by atoms with Crippen LogP contribution in [0.25, 0.3) is 0 Å². The molecule has 0 aromatic heterocycles. The second-order valence-electron chi connectivity index (χ2n) is 5.56. The number of fused-ring (bicyclic) bond motifs is 1. The first-order chi connectivity index (χ1) is 10.7. The Bertz CT molecular complexity index is 652. The summed E-state index contributed by atoms with van der Waals surface area (Å²) in [5, 5.41) is 12.9. The molecule has 3 rings (SSSR count). The SMILES string of the molecule is COc1ccc(OC)c2c1CC[C@H](Nc1ccc(O)cc1)C2. The third-order valence-corrected chi connectivity index (χ3v) is 4.22. The molecule has 0 saturated carbocycles. The molecule has 0 spiro atoms. The number of nitrogens with one attached hydrogen (secondary N) is 1. The van der Waals surface area contributed by atoms with Crippen LogP contribution in [0.5, 0.6) is 17.2 Å². The van der Waals surface area contributed by atoms with Gasteiger partial charge in [-0.1, -0.05) is 0 Å². The Morgan fingerprint density at radius 3 is 2.23 bits per heavy atom. The number of hydrogen-bond donors (Lipinski definition) is 2. The number of benzene rings is 2. The van der Waals surface area contributed by atoms with Gasteiger partial charge in [0.05, 0.1) is 14.2 Å². The van der Waals surface area contributed by atoms with Crippen molar-refractivity contribution in [3.63, 3.8) is 0 Å². The lowest BCUT2D eigenvalue weighted by Gasteiger charge is -2.28. The molecular formula is C18H21NO3. The first-order valence-corrected chi connectivity index (χ1v) is 7.49. The summed E-state index contributed by atoms with van der Waals surface area (Å²) in [6.45, 7) is 0. The lowest BCUT2D eigenvalue weighted by molar-refractivity contribution is 0.387. The highest BCUT2D eigenvalue weighted by atomic mass is 16.5. The summed E-state index contributed by atoms with van der Waals surface area (Å²) < 4.78 is 11.0. The van der Waals surface area contributed by atoms with Crippen molar-refractivity contribution in [2.45, 2.75) is 25.3 Å². The molecule has 4 nitrogen and oxygen atoms in total. The molecule has 0 heterocycles. The Kier molecular flexibility index (Phi) is 4.09. The maximum absolute atomic E-state index is 9.36. The first kappa shape index (κ1) is 14.6. The number of ether oxygens (including phenoxy) is 2. The zero-order valence-corrected chi connectivity index (χ0v) is 12.9. The third-order valence-electron chi connectivity index (χ3n) is 4.22. The quantitative estimate of drug-likeness (QED) is 0.850. The van der Waals surface area contributed by atoms with Gasteiger partial charge < -0.3 is 19.9 Å². The minimum atomic E-state index is 0.283. The van der Waals surface area contributed by atoms with Crippen LogP contribution in [0.4, 0.5) is 5.69 Å². The monoisotopic (exact) mass is 299 g/mol. The number of anilines is 1. The van der Waals surface area contributed by atoms with Crippen molar-refractivity contribution in [1.29, 1.82) is 0 Å². The van der Waals surface area contributed by atoms with Crippen LogP contribution in [0, 0.1) is 0 Å². The molecular weight excluding hydrogens is 278 g/mol. The molecule has 2 aromatic carbocycles. The number of methoxy groups -OCH3 is 2. The lowest BCUT2D eigenvalue weighted by atomic mass is 9.86. The minimum absolute atomic E-state index is 0.283. The van der Waals surface area contributed by atoms with Crippen molar-refractivity contribution >= 4 is 5.69 Å². The Labute approximate surface area is 130 Å². The molecule has 1 atom stereocenters. The molecule has 0 unspecified atom stereocenters. The van der Waals surface area contributed by atoms with Gasteiger partial charge in [-0.15, -0.1) is 0 Å². The van der Waals surface area contributed by atoms with Crippen molar-refractivity contribution in [2.24, 2.45) is 0 Å². The predicted octanol–water partition coefficient (Wildman–Crippen LogP) is 3.38. The highest BCUT2D eigenvalue weighted by Gasteiger charge is 2.24. The minimum Gasteiger partial charge on any atom is -0.508 e. The van der Waals surface area contributed by atoms with Crippen molar-refractivity contribution in [3.8, 4) is 17.2 Å². The average Bonchev–Trinajstić information content (AvgIpc) is 2.56. The summed E-state index contributed by atoms with van der Waals surface area (Å²) in [5.74, 6) is 2.15. The lowest BCUT2D eigenvalue weighted by Crippen LogP contribution is -2.28. The summed E-state index contributed by atoms with van der Waals surface area (Å²) in [6.07, 6.45) is 2.90. The van der Waals surface area contributed by atoms with Gasteiger partial charge in [0.2, 0.25) is 0 Å². The van der Waals surface area contributed by atoms with Crippen LogP contribution in [0.2, 0.25) is 0 Å². The van der Waals surface area contributed by atoms with E-state index in [0.717, 1.165) is 36.4 Å². The van der Waals surface area contributed by atoms with Crippen molar-refractivity contribution in [1.82, 2.24) is 0 Å². The summed E-state index contributed by atoms with van der Waals surface area (Å²) >= 11 is 0. The van der Waals surface area contributed by atoms with Gasteiger partial charge in [0.25, 0.3) is 0 Å². The van der Waals surface area contributed by atoms with E-state index in [1.165, 1.54) is 11.1 Å². The van der Waals surface area contributed by atoms with Gasteiger partial charge in [-0.2, -0.15) is 0 Å². The maximum Gasteiger partial charge on any atom is 0.122 e. The van der Waals surface area contributed by atoms with E-state index < -0.39 is 0 Å². The Morgan fingerprint density at radius 2 is 1.59 bits per heavy atom. The van der Waals surface area contributed by atoms with Crippen molar-refractivity contribution < 1.29 is 14.6 Å². The van der Waals surface area contributed by atoms with Crippen LogP contribution in [-0.4, -0.2) is 25.4 Å². The van der Waals surface area contributed by atoms with E-state index in [2.05, 4.69) is 5.32 Å². The smallest absolute Gasteiger partial charge is 0.122 e. The van der Waals surface area contributed by atoms with E-state index >= 15 is 0 Å². The van der Waals surface area contributed by atoms with Gasteiger partial charge in [0, 0.05) is 22.9 Å². The average molecular weight is 299 g/mol. The van der Waals surface area contributed by atoms with E-state index in [0.29, 0.717) is 6.04 Å².